The van der Waals surface area contributed by atoms with E-state index in [1.165, 1.54) is 18.2 Å². The maximum atomic E-state index is 12.0. The fraction of sp³-hybridized carbons (Fsp3) is 0.357. The van der Waals surface area contributed by atoms with E-state index in [1.54, 1.807) is 6.92 Å². The molecule has 0 radical (unpaired) electrons. The summed E-state index contributed by atoms with van der Waals surface area (Å²) in [5.74, 6) is -1.49. The zero-order valence-electron chi connectivity index (χ0n) is 12.9. The van der Waals surface area contributed by atoms with Crippen LogP contribution in [0.4, 0.5) is 4.79 Å². The molecule has 1 saturated heterocycles. The molecule has 9 nitrogen and oxygen atoms in total. The lowest BCUT2D eigenvalue weighted by Crippen LogP contribution is -2.37. The molecule has 2 rings (SSSR count). The third-order valence-electron chi connectivity index (χ3n) is 3.20. The monoisotopic (exact) mass is 355 g/mol. The van der Waals surface area contributed by atoms with Crippen LogP contribution in [0.25, 0.3) is 0 Å². The van der Waals surface area contributed by atoms with Crippen molar-refractivity contribution in [1.29, 1.82) is 0 Å². The van der Waals surface area contributed by atoms with Crippen LogP contribution in [0.5, 0.6) is 0 Å². The van der Waals surface area contributed by atoms with E-state index < -0.39 is 34.5 Å². The van der Waals surface area contributed by atoms with Crippen LogP contribution in [-0.4, -0.2) is 57.5 Å². The Morgan fingerprint density at radius 1 is 1.38 bits per heavy atom. The average molecular weight is 355 g/mol. The largest absolute Gasteiger partial charge is 0.452 e. The molecule has 130 valence electrons. The Morgan fingerprint density at radius 2 is 2.12 bits per heavy atom. The fourth-order valence-electron chi connectivity index (χ4n) is 2.06. The molecule has 0 bridgehead atoms. The Bertz CT molecular complexity index is 762. The highest BCUT2D eigenvalue weighted by Gasteiger charge is 2.27. The maximum Gasteiger partial charge on any atom is 0.338 e. The Labute approximate surface area is 139 Å². The van der Waals surface area contributed by atoms with Crippen LogP contribution >= 0.6 is 0 Å². The van der Waals surface area contributed by atoms with E-state index in [0.29, 0.717) is 6.54 Å². The molecule has 0 spiro atoms. The Balaban J connectivity index is 2.02. The molecule has 2 N–H and O–H groups in total. The maximum absolute atomic E-state index is 12.0. The minimum absolute atomic E-state index is 0.00680. The van der Waals surface area contributed by atoms with Crippen LogP contribution in [-0.2, 0) is 19.6 Å². The molecule has 0 aliphatic carbocycles. The molecule has 0 unspecified atom stereocenters. The lowest BCUT2D eigenvalue weighted by molar-refractivity contribution is -0.130. The number of hydrogen-bond donors (Lipinski definition) is 2. The first-order chi connectivity index (χ1) is 11.3. The molecule has 0 aromatic heterocycles. The van der Waals surface area contributed by atoms with E-state index in [4.69, 9.17) is 4.74 Å². The summed E-state index contributed by atoms with van der Waals surface area (Å²) in [5, 5.41) is 2.46. The highest BCUT2D eigenvalue weighted by Crippen LogP contribution is 2.12. The van der Waals surface area contributed by atoms with Gasteiger partial charge in [0, 0.05) is 19.6 Å². The number of rotatable bonds is 6. The molecular weight excluding hydrogens is 338 g/mol. The topological polar surface area (TPSA) is 122 Å². The zero-order valence-corrected chi connectivity index (χ0v) is 13.8. The molecule has 1 aliphatic rings. The fourth-order valence-corrected chi connectivity index (χ4v) is 3.15. The molecule has 1 aliphatic heterocycles. The van der Waals surface area contributed by atoms with Gasteiger partial charge in [0.15, 0.2) is 6.61 Å². The van der Waals surface area contributed by atoms with Gasteiger partial charge in [0.25, 0.3) is 5.91 Å². The standard InChI is InChI=1S/C14H17N3O6S/c1-2-16-24(21,22)11-5-3-4-10(8-11)13(19)23-9-12(18)17-7-6-15-14(17)20/h3-5,8,16H,2,6-7,9H2,1H3,(H,15,20). The van der Waals surface area contributed by atoms with Crippen LogP contribution in [0.3, 0.4) is 0 Å². The van der Waals surface area contributed by atoms with Crippen LogP contribution in [0.2, 0.25) is 0 Å². The molecule has 1 fully saturated rings. The predicted molar refractivity (Wildman–Crippen MR) is 82.7 cm³/mol. The summed E-state index contributed by atoms with van der Waals surface area (Å²) in [6.45, 7) is 1.81. The van der Waals surface area contributed by atoms with Gasteiger partial charge < -0.3 is 10.1 Å². The summed E-state index contributed by atoms with van der Waals surface area (Å²) in [6, 6.07) is 4.74. The molecule has 24 heavy (non-hydrogen) atoms. The third kappa shape index (κ3) is 4.09. The van der Waals surface area contributed by atoms with Crippen molar-refractivity contribution in [3.8, 4) is 0 Å². The van der Waals surface area contributed by atoms with Gasteiger partial charge in [-0.25, -0.2) is 22.7 Å². The van der Waals surface area contributed by atoms with Crippen molar-refractivity contribution < 1.29 is 27.5 Å². The number of sulfonamides is 1. The van der Waals surface area contributed by atoms with Crippen molar-refractivity contribution >= 4 is 27.9 Å². The van der Waals surface area contributed by atoms with Gasteiger partial charge >= 0.3 is 12.0 Å². The molecule has 1 aromatic rings. The number of nitrogens with one attached hydrogen (secondary N) is 2. The van der Waals surface area contributed by atoms with Crippen molar-refractivity contribution in [3.63, 3.8) is 0 Å². The second-order valence-electron chi connectivity index (χ2n) is 4.88. The first kappa shape index (κ1) is 17.9. The Kier molecular flexibility index (Phi) is 5.52. The molecule has 10 heteroatoms. The van der Waals surface area contributed by atoms with Gasteiger partial charge in [-0.3, -0.25) is 9.69 Å². The number of carbonyl (C=O) groups excluding carboxylic acids is 3. The number of urea groups is 1. The van der Waals surface area contributed by atoms with Crippen LogP contribution in [0, 0.1) is 0 Å². The number of nitrogens with zero attached hydrogens (tertiary/aromatic N) is 1. The lowest BCUT2D eigenvalue weighted by atomic mass is 10.2. The zero-order chi connectivity index (χ0) is 17.7. The number of carbonyl (C=O) groups is 3. The first-order valence-corrected chi connectivity index (χ1v) is 8.68. The smallest absolute Gasteiger partial charge is 0.338 e. The minimum atomic E-state index is -3.70. The molecule has 1 heterocycles. The Hall–Kier alpha value is -2.46. The number of benzene rings is 1. The quantitative estimate of drug-likeness (QED) is 0.675. The summed E-state index contributed by atoms with van der Waals surface area (Å²) in [4.78, 5) is 35.9. The number of ether oxygens (including phenoxy) is 1. The number of esters is 1. The normalized spacial score (nSPS) is 14.4. The Morgan fingerprint density at radius 3 is 2.75 bits per heavy atom. The highest BCUT2D eigenvalue weighted by molar-refractivity contribution is 7.89. The summed E-state index contributed by atoms with van der Waals surface area (Å²) in [6.07, 6.45) is 0. The second kappa shape index (κ2) is 7.41. The van der Waals surface area contributed by atoms with E-state index in [1.807, 2.05) is 0 Å². The van der Waals surface area contributed by atoms with Gasteiger partial charge in [-0.1, -0.05) is 13.0 Å². The predicted octanol–water partition coefficient (Wildman–Crippen LogP) is -0.307. The van der Waals surface area contributed by atoms with Gasteiger partial charge in [0.1, 0.15) is 0 Å². The number of amides is 3. The van der Waals surface area contributed by atoms with Crippen molar-refractivity contribution in [1.82, 2.24) is 14.9 Å². The van der Waals surface area contributed by atoms with Crippen LogP contribution < -0.4 is 10.0 Å². The first-order valence-electron chi connectivity index (χ1n) is 7.20. The molecule has 3 amide bonds. The van der Waals surface area contributed by atoms with Gasteiger partial charge in [-0.15, -0.1) is 0 Å². The second-order valence-corrected chi connectivity index (χ2v) is 6.65. The third-order valence-corrected chi connectivity index (χ3v) is 4.74. The molecular formula is C14H17N3O6S. The van der Waals surface area contributed by atoms with Gasteiger partial charge in [0.05, 0.1) is 10.5 Å². The van der Waals surface area contributed by atoms with E-state index in [2.05, 4.69) is 10.0 Å². The van der Waals surface area contributed by atoms with E-state index in [0.717, 1.165) is 11.0 Å². The highest BCUT2D eigenvalue weighted by atomic mass is 32.2. The van der Waals surface area contributed by atoms with E-state index in [-0.39, 0.29) is 23.5 Å². The summed E-state index contributed by atoms with van der Waals surface area (Å²) >= 11 is 0. The summed E-state index contributed by atoms with van der Waals surface area (Å²) in [5.41, 5.74) is -0.00680. The van der Waals surface area contributed by atoms with Crippen molar-refractivity contribution in [2.45, 2.75) is 11.8 Å². The van der Waals surface area contributed by atoms with Crippen molar-refractivity contribution in [3.05, 3.63) is 29.8 Å². The van der Waals surface area contributed by atoms with E-state index in [9.17, 15) is 22.8 Å². The summed E-state index contributed by atoms with van der Waals surface area (Å²) < 4.78 is 31.0. The van der Waals surface area contributed by atoms with Gasteiger partial charge in [-0.2, -0.15) is 0 Å². The van der Waals surface area contributed by atoms with E-state index >= 15 is 0 Å². The van der Waals surface area contributed by atoms with Crippen LogP contribution in [0.1, 0.15) is 17.3 Å². The van der Waals surface area contributed by atoms with Crippen molar-refractivity contribution in [2.75, 3.05) is 26.2 Å². The lowest BCUT2D eigenvalue weighted by Gasteiger charge is -2.12. The van der Waals surface area contributed by atoms with Crippen molar-refractivity contribution in [2.24, 2.45) is 0 Å². The molecule has 0 atom stereocenters. The molecule has 0 saturated carbocycles. The van der Waals surface area contributed by atoms with Crippen LogP contribution in [0.15, 0.2) is 29.2 Å². The van der Waals surface area contributed by atoms with Gasteiger partial charge in [0.2, 0.25) is 10.0 Å². The molecule has 1 aromatic carbocycles. The SMILES string of the molecule is CCNS(=O)(=O)c1cccc(C(=O)OCC(=O)N2CCNC2=O)c1. The minimum Gasteiger partial charge on any atom is -0.452 e. The average Bonchev–Trinajstić information content (AvgIpc) is 2.98. The van der Waals surface area contributed by atoms with Gasteiger partial charge in [-0.05, 0) is 18.2 Å². The number of hydrogen-bond acceptors (Lipinski definition) is 6. The number of imide groups is 1. The summed E-state index contributed by atoms with van der Waals surface area (Å²) in [7, 11) is -3.70.